The molecule has 0 aromatic heterocycles. The second-order valence-corrected chi connectivity index (χ2v) is 10.3. The topological polar surface area (TPSA) is 63.6 Å². The fourth-order valence-electron chi connectivity index (χ4n) is 6.16. The third-order valence-corrected chi connectivity index (χ3v) is 8.20. The predicted octanol–water partition coefficient (Wildman–Crippen LogP) is 6.72. The van der Waals surface area contributed by atoms with Gasteiger partial charge in [0, 0.05) is 0 Å². The number of esters is 1. The Kier molecular flexibility index (Phi) is 10.7. The molecule has 0 heterocycles. The molecule has 0 aromatic carbocycles. The van der Waals surface area contributed by atoms with Gasteiger partial charge in [-0.1, -0.05) is 79.1 Å². The van der Waals surface area contributed by atoms with Crippen molar-refractivity contribution in [3.05, 3.63) is 0 Å². The van der Waals surface area contributed by atoms with E-state index in [9.17, 15) is 14.7 Å². The molecule has 0 aliphatic heterocycles. The highest BCUT2D eigenvalue weighted by Gasteiger charge is 2.42. The smallest absolute Gasteiger partial charge is 0.309 e. The lowest BCUT2D eigenvalue weighted by Gasteiger charge is -2.40. The van der Waals surface area contributed by atoms with Crippen molar-refractivity contribution < 1.29 is 19.4 Å². The molecule has 174 valence electrons. The summed E-state index contributed by atoms with van der Waals surface area (Å²) in [4.78, 5) is 24.5. The highest BCUT2D eigenvalue weighted by atomic mass is 16.5. The molecule has 0 bridgehead atoms. The normalized spacial score (nSPS) is 34.5. The second kappa shape index (κ2) is 12.7. The Balaban J connectivity index is 1.88. The van der Waals surface area contributed by atoms with Crippen LogP contribution < -0.4 is 0 Å². The van der Waals surface area contributed by atoms with Gasteiger partial charge in [0.25, 0.3) is 0 Å². The number of ether oxygens (including phenoxy) is 1. The Morgan fingerprint density at radius 1 is 0.900 bits per heavy atom. The third-order valence-electron chi connectivity index (χ3n) is 8.20. The standard InChI is InChI=1S/C26H46O4/c1-5-7-8-9-10-13-21-16-22(19(4)15-20(21)6-2)17-30-26(29)23-14-11-12-18(3)24(23)25(27)28/h18-24H,5-17H2,1-4H3,(H,27,28). The van der Waals surface area contributed by atoms with Gasteiger partial charge >= 0.3 is 11.9 Å². The van der Waals surface area contributed by atoms with E-state index in [4.69, 9.17) is 4.74 Å². The van der Waals surface area contributed by atoms with Gasteiger partial charge in [-0.3, -0.25) is 9.59 Å². The van der Waals surface area contributed by atoms with E-state index in [1.807, 2.05) is 6.92 Å². The number of carboxylic acids is 1. The van der Waals surface area contributed by atoms with Crippen LogP contribution in [0.25, 0.3) is 0 Å². The van der Waals surface area contributed by atoms with Gasteiger partial charge in [-0.2, -0.15) is 0 Å². The van der Waals surface area contributed by atoms with Crippen LogP contribution in [0.1, 0.15) is 105 Å². The van der Waals surface area contributed by atoms with Crippen LogP contribution in [-0.4, -0.2) is 23.7 Å². The van der Waals surface area contributed by atoms with E-state index in [-0.39, 0.29) is 11.9 Å². The van der Waals surface area contributed by atoms with E-state index < -0.39 is 17.8 Å². The molecule has 30 heavy (non-hydrogen) atoms. The van der Waals surface area contributed by atoms with E-state index in [0.29, 0.717) is 24.9 Å². The number of carboxylic acid groups (broad SMARTS) is 1. The molecule has 7 unspecified atom stereocenters. The molecule has 2 aliphatic carbocycles. The first-order valence-corrected chi connectivity index (χ1v) is 12.8. The lowest BCUT2D eigenvalue weighted by Crippen LogP contribution is -2.40. The van der Waals surface area contributed by atoms with Crippen molar-refractivity contribution in [2.45, 2.75) is 105 Å². The first-order valence-electron chi connectivity index (χ1n) is 12.8. The lowest BCUT2D eigenvalue weighted by molar-refractivity contribution is -0.163. The van der Waals surface area contributed by atoms with E-state index in [0.717, 1.165) is 31.1 Å². The summed E-state index contributed by atoms with van der Waals surface area (Å²) in [6, 6.07) is 0. The molecule has 2 fully saturated rings. The maximum absolute atomic E-state index is 12.8. The summed E-state index contributed by atoms with van der Waals surface area (Å²) in [7, 11) is 0. The number of carbonyl (C=O) groups is 2. The summed E-state index contributed by atoms with van der Waals surface area (Å²) in [5, 5.41) is 9.61. The number of hydrogen-bond donors (Lipinski definition) is 1. The minimum absolute atomic E-state index is 0.0461. The number of hydrogen-bond acceptors (Lipinski definition) is 3. The van der Waals surface area contributed by atoms with Crippen molar-refractivity contribution in [1.29, 1.82) is 0 Å². The van der Waals surface area contributed by atoms with E-state index in [1.54, 1.807) is 0 Å². The average molecular weight is 423 g/mol. The molecular weight excluding hydrogens is 376 g/mol. The maximum atomic E-state index is 12.8. The molecule has 4 nitrogen and oxygen atoms in total. The zero-order valence-electron chi connectivity index (χ0n) is 19.9. The summed E-state index contributed by atoms with van der Waals surface area (Å²) < 4.78 is 5.79. The summed E-state index contributed by atoms with van der Waals surface area (Å²) in [5.41, 5.74) is 0. The molecule has 2 saturated carbocycles. The highest BCUT2D eigenvalue weighted by molar-refractivity contribution is 5.81. The van der Waals surface area contributed by atoms with Crippen LogP contribution in [0.3, 0.4) is 0 Å². The number of aliphatic carboxylic acids is 1. The minimum Gasteiger partial charge on any atom is -0.481 e. The average Bonchev–Trinajstić information content (AvgIpc) is 2.72. The van der Waals surface area contributed by atoms with Gasteiger partial charge in [0.15, 0.2) is 0 Å². The number of unbranched alkanes of at least 4 members (excludes halogenated alkanes) is 4. The van der Waals surface area contributed by atoms with Crippen molar-refractivity contribution in [3.63, 3.8) is 0 Å². The van der Waals surface area contributed by atoms with E-state index in [2.05, 4.69) is 20.8 Å². The zero-order chi connectivity index (χ0) is 22.1. The van der Waals surface area contributed by atoms with Crippen LogP contribution in [0, 0.1) is 41.4 Å². The lowest BCUT2D eigenvalue weighted by atomic mass is 9.67. The molecule has 2 aliphatic rings. The molecule has 1 N–H and O–H groups in total. The fourth-order valence-corrected chi connectivity index (χ4v) is 6.16. The molecule has 0 aromatic rings. The van der Waals surface area contributed by atoms with Crippen LogP contribution in [0.15, 0.2) is 0 Å². The van der Waals surface area contributed by atoms with E-state index >= 15 is 0 Å². The largest absolute Gasteiger partial charge is 0.481 e. The molecule has 0 saturated heterocycles. The molecular formula is C26H46O4. The maximum Gasteiger partial charge on any atom is 0.309 e. The van der Waals surface area contributed by atoms with Gasteiger partial charge < -0.3 is 9.84 Å². The summed E-state index contributed by atoms with van der Waals surface area (Å²) in [6.07, 6.45) is 14.0. The zero-order valence-corrected chi connectivity index (χ0v) is 19.9. The molecule has 7 atom stereocenters. The molecule has 0 radical (unpaired) electrons. The first-order chi connectivity index (χ1) is 14.4. The van der Waals surface area contributed by atoms with Crippen LogP contribution in [0.2, 0.25) is 0 Å². The van der Waals surface area contributed by atoms with Crippen LogP contribution in [-0.2, 0) is 14.3 Å². The Morgan fingerprint density at radius 2 is 1.63 bits per heavy atom. The minimum atomic E-state index is -0.843. The van der Waals surface area contributed by atoms with Crippen molar-refractivity contribution in [1.82, 2.24) is 0 Å². The molecule has 0 spiro atoms. The Morgan fingerprint density at radius 3 is 2.30 bits per heavy atom. The SMILES string of the molecule is CCCCCCCC1CC(COC(=O)C2CCCC(C)C2C(=O)O)C(C)CC1CC. The van der Waals surface area contributed by atoms with Gasteiger partial charge in [0.2, 0.25) is 0 Å². The van der Waals surface area contributed by atoms with Crippen LogP contribution >= 0.6 is 0 Å². The quantitative estimate of drug-likeness (QED) is 0.297. The van der Waals surface area contributed by atoms with Crippen LogP contribution in [0.5, 0.6) is 0 Å². The van der Waals surface area contributed by atoms with Gasteiger partial charge in [-0.25, -0.2) is 0 Å². The van der Waals surface area contributed by atoms with Gasteiger partial charge in [-0.05, 0) is 55.3 Å². The predicted molar refractivity (Wildman–Crippen MR) is 121 cm³/mol. The van der Waals surface area contributed by atoms with Crippen molar-refractivity contribution >= 4 is 11.9 Å². The van der Waals surface area contributed by atoms with Crippen molar-refractivity contribution in [2.75, 3.05) is 6.61 Å². The van der Waals surface area contributed by atoms with Gasteiger partial charge in [0.1, 0.15) is 0 Å². The third kappa shape index (κ3) is 6.99. The Hall–Kier alpha value is -1.06. The highest BCUT2D eigenvalue weighted by Crippen LogP contribution is 2.42. The van der Waals surface area contributed by atoms with Crippen molar-refractivity contribution in [2.24, 2.45) is 41.4 Å². The van der Waals surface area contributed by atoms with Gasteiger partial charge in [0.05, 0.1) is 18.4 Å². The van der Waals surface area contributed by atoms with Gasteiger partial charge in [-0.15, -0.1) is 0 Å². The molecule has 0 amide bonds. The summed E-state index contributed by atoms with van der Waals surface area (Å²) in [6.45, 7) is 9.31. The number of rotatable bonds is 11. The fraction of sp³-hybridized carbons (Fsp3) is 0.923. The Labute approximate surface area is 184 Å². The van der Waals surface area contributed by atoms with Crippen LogP contribution in [0.4, 0.5) is 0 Å². The molecule has 2 rings (SSSR count). The number of carbonyl (C=O) groups excluding carboxylic acids is 1. The second-order valence-electron chi connectivity index (χ2n) is 10.3. The van der Waals surface area contributed by atoms with Crippen molar-refractivity contribution in [3.8, 4) is 0 Å². The Bertz CT molecular complexity index is 531. The monoisotopic (exact) mass is 422 g/mol. The molecule has 4 heteroatoms. The summed E-state index contributed by atoms with van der Waals surface area (Å²) in [5.74, 6) is 0.412. The first kappa shape index (κ1) is 25.2. The van der Waals surface area contributed by atoms with E-state index in [1.165, 1.54) is 51.4 Å². The summed E-state index contributed by atoms with van der Waals surface area (Å²) >= 11 is 0.